The van der Waals surface area contributed by atoms with Gasteiger partial charge in [-0.25, -0.2) is 0 Å². The second-order valence-electron chi connectivity index (χ2n) is 1.99. The molecule has 0 atom stereocenters. The summed E-state index contributed by atoms with van der Waals surface area (Å²) in [6.07, 6.45) is 2.03. The molecule has 0 aliphatic heterocycles. The van der Waals surface area contributed by atoms with E-state index in [2.05, 4.69) is 21.4 Å². The molecule has 4 heteroatoms. The highest BCUT2D eigenvalue weighted by Gasteiger charge is 1.97. The molecule has 0 spiro atoms. The van der Waals surface area contributed by atoms with Crippen molar-refractivity contribution in [3.8, 4) is 0 Å². The fraction of sp³-hybridized carbons (Fsp3) is 0.143. The van der Waals surface area contributed by atoms with Crippen LogP contribution in [0.25, 0.3) is 0 Å². The van der Waals surface area contributed by atoms with Gasteiger partial charge in [0.15, 0.2) is 0 Å². The van der Waals surface area contributed by atoms with Gasteiger partial charge < -0.3 is 5.43 Å². The summed E-state index contributed by atoms with van der Waals surface area (Å²) >= 11 is 5.11. The van der Waals surface area contributed by atoms with Gasteiger partial charge in [0.1, 0.15) is 0 Å². The summed E-state index contributed by atoms with van der Waals surface area (Å²) in [4.78, 5) is 1.18. The van der Waals surface area contributed by atoms with Gasteiger partial charge in [-0.1, -0.05) is 0 Å². The van der Waals surface area contributed by atoms with Gasteiger partial charge in [-0.2, -0.15) is 0 Å². The van der Waals surface area contributed by atoms with Crippen LogP contribution in [0.1, 0.15) is 0 Å². The number of rotatable bonds is 2. The lowest BCUT2D eigenvalue weighted by Crippen LogP contribution is -2.06. The number of thioether (sulfide) groups is 1. The third kappa shape index (κ3) is 2.12. The molecule has 0 saturated carbocycles. The van der Waals surface area contributed by atoms with Crippen LogP contribution in [0.15, 0.2) is 27.6 Å². The minimum atomic E-state index is 0.928. The van der Waals surface area contributed by atoms with Gasteiger partial charge in [0, 0.05) is 15.1 Å². The highest BCUT2D eigenvalue weighted by molar-refractivity contribution is 9.10. The number of halogens is 1. The number of hydrogen-bond acceptors (Lipinski definition) is 3. The Labute approximate surface area is 78.6 Å². The van der Waals surface area contributed by atoms with Gasteiger partial charge in [0.2, 0.25) is 0 Å². The number of nitrogens with two attached hydrogens (primary N) is 1. The molecule has 0 heterocycles. The molecule has 0 amide bonds. The molecule has 1 aromatic carbocycles. The van der Waals surface area contributed by atoms with Gasteiger partial charge in [0.05, 0.1) is 0 Å². The van der Waals surface area contributed by atoms with Crippen LogP contribution in [-0.4, -0.2) is 6.26 Å². The lowest BCUT2D eigenvalue weighted by atomic mass is 10.3. The van der Waals surface area contributed by atoms with E-state index in [9.17, 15) is 0 Å². The monoisotopic (exact) mass is 232 g/mol. The topological polar surface area (TPSA) is 38.0 Å². The van der Waals surface area contributed by atoms with E-state index in [-0.39, 0.29) is 0 Å². The zero-order valence-electron chi connectivity index (χ0n) is 6.10. The predicted molar refractivity (Wildman–Crippen MR) is 53.7 cm³/mol. The lowest BCUT2D eigenvalue weighted by Gasteiger charge is -2.03. The third-order valence-corrected chi connectivity index (χ3v) is 3.05. The maximum absolute atomic E-state index is 5.25. The number of hydrazine groups is 1. The summed E-state index contributed by atoms with van der Waals surface area (Å²) in [6.45, 7) is 0. The number of nitrogen functional groups attached to an aromatic ring is 1. The molecular weight excluding hydrogens is 224 g/mol. The molecule has 1 aromatic rings. The van der Waals surface area contributed by atoms with E-state index in [0.717, 1.165) is 10.2 Å². The molecule has 0 aliphatic rings. The Bertz CT molecular complexity index is 252. The minimum Gasteiger partial charge on any atom is -0.324 e. The van der Waals surface area contributed by atoms with Gasteiger partial charge in [-0.15, -0.1) is 11.8 Å². The van der Waals surface area contributed by atoms with E-state index in [4.69, 9.17) is 5.84 Å². The first-order chi connectivity index (χ1) is 5.27. The van der Waals surface area contributed by atoms with Crippen LogP contribution in [0.5, 0.6) is 0 Å². The van der Waals surface area contributed by atoms with Gasteiger partial charge in [-0.05, 0) is 40.4 Å². The van der Waals surface area contributed by atoms with Crippen molar-refractivity contribution < 1.29 is 0 Å². The minimum absolute atomic E-state index is 0.928. The zero-order chi connectivity index (χ0) is 8.27. The average Bonchev–Trinajstić information content (AvgIpc) is 2.05. The van der Waals surface area contributed by atoms with Gasteiger partial charge >= 0.3 is 0 Å². The van der Waals surface area contributed by atoms with Crippen LogP contribution in [0.3, 0.4) is 0 Å². The largest absolute Gasteiger partial charge is 0.324 e. The second kappa shape index (κ2) is 3.99. The summed E-state index contributed by atoms with van der Waals surface area (Å²) in [5.41, 5.74) is 3.52. The molecule has 3 N–H and O–H groups in total. The Morgan fingerprint density at radius 3 is 2.82 bits per heavy atom. The van der Waals surface area contributed by atoms with Gasteiger partial charge in [0.25, 0.3) is 0 Å². The molecule has 11 heavy (non-hydrogen) atoms. The summed E-state index contributed by atoms with van der Waals surface area (Å²) in [5, 5.41) is 0. The van der Waals surface area contributed by atoms with Crippen LogP contribution in [0, 0.1) is 0 Å². The summed E-state index contributed by atoms with van der Waals surface area (Å²) in [6, 6.07) is 5.89. The average molecular weight is 233 g/mol. The Hall–Kier alpha value is -0.190. The van der Waals surface area contributed by atoms with E-state index >= 15 is 0 Å². The van der Waals surface area contributed by atoms with E-state index in [1.807, 2.05) is 24.5 Å². The quantitative estimate of drug-likeness (QED) is 0.468. The van der Waals surface area contributed by atoms with Crippen molar-refractivity contribution in [3.63, 3.8) is 0 Å². The van der Waals surface area contributed by atoms with Crippen molar-refractivity contribution in [3.05, 3.63) is 22.7 Å². The highest BCUT2D eigenvalue weighted by Crippen LogP contribution is 2.27. The Morgan fingerprint density at radius 1 is 1.55 bits per heavy atom. The fourth-order valence-corrected chi connectivity index (χ4v) is 1.99. The summed E-state index contributed by atoms with van der Waals surface area (Å²) in [5.74, 6) is 5.25. The van der Waals surface area contributed by atoms with Crippen LogP contribution in [-0.2, 0) is 0 Å². The molecule has 2 nitrogen and oxygen atoms in total. The van der Waals surface area contributed by atoms with Crippen molar-refractivity contribution in [2.45, 2.75) is 4.90 Å². The van der Waals surface area contributed by atoms with Gasteiger partial charge in [-0.3, -0.25) is 5.84 Å². The first-order valence-corrected chi connectivity index (χ1v) is 5.10. The summed E-state index contributed by atoms with van der Waals surface area (Å²) in [7, 11) is 0. The smallest absolute Gasteiger partial charge is 0.0497 e. The number of hydrogen-bond donors (Lipinski definition) is 2. The second-order valence-corrected chi connectivity index (χ2v) is 3.70. The van der Waals surface area contributed by atoms with Crippen molar-refractivity contribution in [2.24, 2.45) is 5.84 Å². The van der Waals surface area contributed by atoms with E-state index in [1.165, 1.54) is 4.90 Å². The number of nitrogens with one attached hydrogen (secondary N) is 1. The normalized spacial score (nSPS) is 9.73. The fourth-order valence-electron chi connectivity index (χ4n) is 0.750. The lowest BCUT2D eigenvalue weighted by molar-refractivity contribution is 1.31. The van der Waals surface area contributed by atoms with Crippen molar-refractivity contribution in [1.29, 1.82) is 0 Å². The van der Waals surface area contributed by atoms with E-state index < -0.39 is 0 Å². The van der Waals surface area contributed by atoms with E-state index in [1.54, 1.807) is 11.8 Å². The van der Waals surface area contributed by atoms with Crippen LogP contribution < -0.4 is 11.3 Å². The Balaban J connectivity index is 3.02. The first kappa shape index (κ1) is 8.90. The number of benzene rings is 1. The molecule has 0 aromatic heterocycles. The molecule has 60 valence electrons. The molecular formula is C7H9BrN2S. The maximum Gasteiger partial charge on any atom is 0.0497 e. The Morgan fingerprint density at radius 2 is 2.27 bits per heavy atom. The molecule has 0 unspecified atom stereocenters. The van der Waals surface area contributed by atoms with E-state index in [0.29, 0.717) is 0 Å². The maximum atomic E-state index is 5.25. The number of anilines is 1. The van der Waals surface area contributed by atoms with Crippen molar-refractivity contribution >= 4 is 33.4 Å². The molecule has 0 saturated heterocycles. The third-order valence-electron chi connectivity index (χ3n) is 1.32. The Kier molecular flexibility index (Phi) is 3.23. The molecule has 0 radical (unpaired) electrons. The molecule has 1 rings (SSSR count). The SMILES string of the molecule is CSc1cc(NN)ccc1Br. The molecule has 0 bridgehead atoms. The molecule has 0 aliphatic carbocycles. The van der Waals surface area contributed by atoms with Crippen molar-refractivity contribution in [1.82, 2.24) is 0 Å². The van der Waals surface area contributed by atoms with Crippen LogP contribution in [0.4, 0.5) is 5.69 Å². The molecule has 0 fully saturated rings. The zero-order valence-corrected chi connectivity index (χ0v) is 8.50. The highest BCUT2D eigenvalue weighted by atomic mass is 79.9. The van der Waals surface area contributed by atoms with Crippen molar-refractivity contribution in [2.75, 3.05) is 11.7 Å². The van der Waals surface area contributed by atoms with Crippen LogP contribution in [0.2, 0.25) is 0 Å². The predicted octanol–water partition coefficient (Wildman–Crippen LogP) is 2.46. The summed E-state index contributed by atoms with van der Waals surface area (Å²) < 4.78 is 1.10. The first-order valence-electron chi connectivity index (χ1n) is 3.08. The van der Waals surface area contributed by atoms with Crippen LogP contribution >= 0.6 is 27.7 Å². The standard InChI is InChI=1S/C7H9BrN2S/c1-11-7-4-5(10-9)2-3-6(7)8/h2-4,10H,9H2,1H3.